The van der Waals surface area contributed by atoms with Gasteiger partial charge in [-0.25, -0.2) is 0 Å². The molecule has 210 valence electrons. The van der Waals surface area contributed by atoms with Gasteiger partial charge in [0.1, 0.15) is 17.2 Å². The molecule has 0 heterocycles. The summed E-state index contributed by atoms with van der Waals surface area (Å²) in [7, 11) is 0. The summed E-state index contributed by atoms with van der Waals surface area (Å²) in [6, 6.07) is 10.2. The molecule has 0 spiro atoms. The number of aliphatic hydroxyl groups excluding tert-OH is 6. The zero-order chi connectivity index (χ0) is 28.3. The van der Waals surface area contributed by atoms with Crippen molar-refractivity contribution in [2.75, 3.05) is 0 Å². The van der Waals surface area contributed by atoms with Gasteiger partial charge in [-0.05, 0) is 78.3 Å². The summed E-state index contributed by atoms with van der Waals surface area (Å²) in [6.45, 7) is -2.63. The number of benzene rings is 3. The summed E-state index contributed by atoms with van der Waals surface area (Å²) in [5, 5.41) is 91.0. The van der Waals surface area contributed by atoms with Crippen molar-refractivity contribution in [1.82, 2.24) is 0 Å². The maximum absolute atomic E-state index is 10.5. The fourth-order valence-electron chi connectivity index (χ4n) is 6.07. The predicted molar refractivity (Wildman–Crippen MR) is 142 cm³/mol. The minimum Gasteiger partial charge on any atom is -0.507 e. The van der Waals surface area contributed by atoms with Gasteiger partial charge in [0.05, 0.1) is 39.6 Å². The summed E-state index contributed by atoms with van der Waals surface area (Å²) in [5.74, 6) is -0.642. The number of hydrogen-bond donors (Lipinski definition) is 9. The van der Waals surface area contributed by atoms with E-state index in [0.717, 1.165) is 18.4 Å². The van der Waals surface area contributed by atoms with Gasteiger partial charge in [-0.3, -0.25) is 0 Å². The van der Waals surface area contributed by atoms with Gasteiger partial charge in [0, 0.05) is 38.8 Å². The maximum Gasteiger partial charge on any atom is 0.126 e. The molecule has 9 N–H and O–H groups in total. The first-order chi connectivity index (χ1) is 18.8. The maximum atomic E-state index is 10.5. The van der Waals surface area contributed by atoms with E-state index < -0.39 is 45.1 Å². The van der Waals surface area contributed by atoms with E-state index in [1.165, 1.54) is 0 Å². The van der Waals surface area contributed by atoms with Gasteiger partial charge in [-0.1, -0.05) is 6.42 Å². The van der Waals surface area contributed by atoms with Crippen LogP contribution in [0.5, 0.6) is 17.2 Å². The van der Waals surface area contributed by atoms with Crippen LogP contribution in [0.15, 0.2) is 36.4 Å². The van der Waals surface area contributed by atoms with Crippen LogP contribution in [-0.4, -0.2) is 46.0 Å². The molecule has 3 aromatic carbocycles. The minimum absolute atomic E-state index is 0.108. The van der Waals surface area contributed by atoms with Crippen LogP contribution in [0.2, 0.25) is 0 Å². The largest absolute Gasteiger partial charge is 0.507 e. The number of hydrogen-bond acceptors (Lipinski definition) is 9. The lowest BCUT2D eigenvalue weighted by Crippen LogP contribution is -2.34. The Morgan fingerprint density at radius 2 is 0.872 bits per heavy atom. The first kappa shape index (κ1) is 28.8. The smallest absolute Gasteiger partial charge is 0.126 e. The molecule has 0 radical (unpaired) electrons. The van der Waals surface area contributed by atoms with E-state index in [4.69, 9.17) is 0 Å². The molecule has 9 nitrogen and oxygen atoms in total. The lowest BCUT2D eigenvalue weighted by atomic mass is 9.60. The van der Waals surface area contributed by atoms with Crippen LogP contribution >= 0.6 is 0 Å². The van der Waals surface area contributed by atoms with Crippen molar-refractivity contribution in [1.29, 1.82) is 0 Å². The SMILES string of the molecule is OCc1cc(C2CCCC(c3cc(CO)c(O)c(CO)c3)(c3cc(CO)c(O)c(CO)c3)C2)cc(CO)c1O. The molecule has 1 atom stereocenters. The van der Waals surface area contributed by atoms with Crippen LogP contribution in [0.3, 0.4) is 0 Å². The van der Waals surface area contributed by atoms with Gasteiger partial charge < -0.3 is 46.0 Å². The third-order valence-corrected chi connectivity index (χ3v) is 8.18. The van der Waals surface area contributed by atoms with Crippen molar-refractivity contribution in [3.8, 4) is 17.2 Å². The highest BCUT2D eigenvalue weighted by Crippen LogP contribution is 2.52. The third kappa shape index (κ3) is 5.21. The quantitative estimate of drug-likeness (QED) is 0.197. The van der Waals surface area contributed by atoms with Gasteiger partial charge >= 0.3 is 0 Å². The molecule has 0 bridgehead atoms. The van der Waals surface area contributed by atoms with Gasteiger partial charge in [-0.2, -0.15) is 0 Å². The molecule has 39 heavy (non-hydrogen) atoms. The number of rotatable bonds is 9. The van der Waals surface area contributed by atoms with Crippen LogP contribution in [0, 0.1) is 0 Å². The van der Waals surface area contributed by atoms with Crippen molar-refractivity contribution in [2.24, 2.45) is 0 Å². The summed E-state index contributed by atoms with van der Waals surface area (Å²) < 4.78 is 0. The molecular formula is C30H36O9. The summed E-state index contributed by atoms with van der Waals surface area (Å²) in [4.78, 5) is 0. The fourth-order valence-corrected chi connectivity index (χ4v) is 6.07. The highest BCUT2D eigenvalue weighted by molar-refractivity contribution is 5.54. The number of phenols is 3. The van der Waals surface area contributed by atoms with Gasteiger partial charge in [0.25, 0.3) is 0 Å². The highest BCUT2D eigenvalue weighted by atomic mass is 16.3. The normalized spacial score (nSPS) is 16.9. The Hall–Kier alpha value is -3.18. The summed E-state index contributed by atoms with van der Waals surface area (Å²) in [5.41, 5.74) is 3.04. The van der Waals surface area contributed by atoms with E-state index in [0.29, 0.717) is 35.1 Å². The minimum atomic E-state index is -0.789. The third-order valence-electron chi connectivity index (χ3n) is 8.18. The van der Waals surface area contributed by atoms with E-state index in [-0.39, 0.29) is 45.4 Å². The zero-order valence-corrected chi connectivity index (χ0v) is 21.6. The molecule has 1 saturated carbocycles. The first-order valence-electron chi connectivity index (χ1n) is 13.0. The van der Waals surface area contributed by atoms with Crippen molar-refractivity contribution in [3.05, 3.63) is 86.5 Å². The van der Waals surface area contributed by atoms with Crippen LogP contribution < -0.4 is 0 Å². The molecule has 3 aromatic rings. The van der Waals surface area contributed by atoms with E-state index in [9.17, 15) is 46.0 Å². The van der Waals surface area contributed by atoms with Crippen LogP contribution in [0.1, 0.15) is 81.7 Å². The molecule has 1 aliphatic carbocycles. The van der Waals surface area contributed by atoms with E-state index in [2.05, 4.69) is 0 Å². The molecule has 1 aliphatic rings. The molecule has 0 aromatic heterocycles. The molecule has 4 rings (SSSR count). The lowest BCUT2D eigenvalue weighted by molar-refractivity contribution is 0.259. The van der Waals surface area contributed by atoms with Gasteiger partial charge in [0.15, 0.2) is 0 Å². The Morgan fingerprint density at radius 3 is 1.21 bits per heavy atom. The van der Waals surface area contributed by atoms with Crippen molar-refractivity contribution >= 4 is 0 Å². The Labute approximate surface area is 226 Å². The van der Waals surface area contributed by atoms with Crippen molar-refractivity contribution < 1.29 is 46.0 Å². The molecule has 0 aliphatic heterocycles. The lowest BCUT2D eigenvalue weighted by Gasteiger charge is -2.43. The Kier molecular flexibility index (Phi) is 8.80. The topological polar surface area (TPSA) is 182 Å². The molecule has 1 unspecified atom stereocenters. The molecule has 9 heteroatoms. The molecule has 0 saturated heterocycles. The van der Waals surface area contributed by atoms with Crippen LogP contribution in [0.4, 0.5) is 0 Å². The first-order valence-corrected chi connectivity index (χ1v) is 13.0. The number of aromatic hydroxyl groups is 3. The van der Waals surface area contributed by atoms with Gasteiger partial charge in [-0.15, -0.1) is 0 Å². The van der Waals surface area contributed by atoms with E-state index in [1.54, 1.807) is 36.4 Å². The predicted octanol–water partition coefficient (Wildman–Crippen LogP) is 2.40. The fraction of sp³-hybridized carbons (Fsp3) is 0.400. The van der Waals surface area contributed by atoms with Crippen LogP contribution in [-0.2, 0) is 45.1 Å². The summed E-state index contributed by atoms with van der Waals surface area (Å²) in [6.07, 6.45) is 2.58. The van der Waals surface area contributed by atoms with E-state index in [1.807, 2.05) is 0 Å². The average Bonchev–Trinajstić information content (AvgIpc) is 2.97. The average molecular weight is 541 g/mol. The van der Waals surface area contributed by atoms with Gasteiger partial charge in [0.2, 0.25) is 0 Å². The Bertz CT molecular complexity index is 1200. The second-order valence-electron chi connectivity index (χ2n) is 10.3. The standard InChI is InChI=1S/C30H36O9/c31-11-19-4-18(5-20(12-32)27(19)37)17-2-1-3-30(10-17,25-6-21(13-33)28(38)22(7-25)14-34)26-8-23(15-35)29(39)24(9-26)16-36/h4-9,17,31-39H,1-3,10-16H2. The second-order valence-corrected chi connectivity index (χ2v) is 10.3. The van der Waals surface area contributed by atoms with Crippen molar-refractivity contribution in [3.63, 3.8) is 0 Å². The Balaban J connectivity index is 1.97. The molecular weight excluding hydrogens is 504 g/mol. The molecule has 1 fully saturated rings. The van der Waals surface area contributed by atoms with Crippen LogP contribution in [0.25, 0.3) is 0 Å². The number of aliphatic hydroxyl groups is 6. The zero-order valence-electron chi connectivity index (χ0n) is 21.6. The van der Waals surface area contributed by atoms with Crippen molar-refractivity contribution in [2.45, 2.75) is 76.7 Å². The Morgan fingerprint density at radius 1 is 0.538 bits per heavy atom. The second kappa shape index (κ2) is 11.9. The monoisotopic (exact) mass is 540 g/mol. The molecule has 0 amide bonds. The summed E-state index contributed by atoms with van der Waals surface area (Å²) >= 11 is 0. The van der Waals surface area contributed by atoms with E-state index >= 15 is 0 Å². The highest BCUT2D eigenvalue weighted by Gasteiger charge is 2.41.